The Morgan fingerprint density at radius 2 is 2.25 bits per heavy atom. The first kappa shape index (κ1) is 12.9. The number of hydrogen-bond donors (Lipinski definition) is 1. The number of carbonyl (C=O) groups excluding carboxylic acids is 1. The minimum absolute atomic E-state index is 0.00148. The van der Waals surface area contributed by atoms with E-state index in [4.69, 9.17) is 5.73 Å². The fraction of sp³-hybridized carbons (Fsp3) is 0.375. The summed E-state index contributed by atoms with van der Waals surface area (Å²) in [6.07, 6.45) is 2.21. The maximum absolute atomic E-state index is 12.5. The van der Waals surface area contributed by atoms with Gasteiger partial charge in [-0.3, -0.25) is 4.79 Å². The summed E-state index contributed by atoms with van der Waals surface area (Å²) in [5.74, 6) is 0.621. The van der Waals surface area contributed by atoms with Gasteiger partial charge >= 0.3 is 0 Å². The number of pyridine rings is 1. The van der Waals surface area contributed by atoms with Crippen LogP contribution in [0.1, 0.15) is 30.3 Å². The van der Waals surface area contributed by atoms with Crippen molar-refractivity contribution in [2.75, 3.05) is 18.8 Å². The van der Waals surface area contributed by atoms with Crippen molar-refractivity contribution in [3.05, 3.63) is 36.0 Å². The highest BCUT2D eigenvalue weighted by Gasteiger charge is 2.26. The topological polar surface area (TPSA) is 59.2 Å². The van der Waals surface area contributed by atoms with Crippen LogP contribution in [0.25, 0.3) is 10.9 Å². The molecule has 1 aromatic carbocycles. The van der Waals surface area contributed by atoms with Crippen LogP contribution in [0.5, 0.6) is 0 Å². The first-order valence-electron chi connectivity index (χ1n) is 7.13. The van der Waals surface area contributed by atoms with E-state index in [1.165, 1.54) is 0 Å². The number of para-hydroxylation sites is 1. The predicted molar refractivity (Wildman–Crippen MR) is 80.5 cm³/mol. The zero-order chi connectivity index (χ0) is 14.1. The van der Waals surface area contributed by atoms with Crippen LogP contribution >= 0.6 is 0 Å². The van der Waals surface area contributed by atoms with Crippen LogP contribution in [0.2, 0.25) is 0 Å². The molecule has 0 aliphatic carbocycles. The van der Waals surface area contributed by atoms with Crippen LogP contribution in [-0.2, 0) is 0 Å². The summed E-state index contributed by atoms with van der Waals surface area (Å²) in [5.41, 5.74) is 7.89. The second-order valence-electron chi connectivity index (χ2n) is 5.43. The molecule has 1 atom stereocenters. The Bertz CT molecular complexity index is 653. The number of nitrogens with two attached hydrogens (primary N) is 1. The van der Waals surface area contributed by atoms with Crippen molar-refractivity contribution in [2.45, 2.75) is 19.8 Å². The van der Waals surface area contributed by atoms with Crippen LogP contribution < -0.4 is 5.73 Å². The van der Waals surface area contributed by atoms with Crippen LogP contribution in [0.15, 0.2) is 30.3 Å². The van der Waals surface area contributed by atoms with E-state index < -0.39 is 0 Å². The van der Waals surface area contributed by atoms with Gasteiger partial charge in [-0.1, -0.05) is 31.5 Å². The number of hydrogen-bond acceptors (Lipinski definition) is 3. The van der Waals surface area contributed by atoms with Gasteiger partial charge in [-0.25, -0.2) is 4.98 Å². The summed E-state index contributed by atoms with van der Waals surface area (Å²) in [6, 6.07) is 9.35. The van der Waals surface area contributed by atoms with E-state index >= 15 is 0 Å². The number of nitrogens with zero attached hydrogens (tertiary/aromatic N) is 2. The molecule has 3 rings (SSSR count). The number of anilines is 1. The smallest absolute Gasteiger partial charge is 0.272 e. The van der Waals surface area contributed by atoms with Gasteiger partial charge in [-0.05, 0) is 24.5 Å². The third-order valence-corrected chi connectivity index (χ3v) is 4.12. The molecule has 1 aliphatic rings. The number of likely N-dealkylation sites (tertiary alicyclic amines) is 1. The first-order valence-corrected chi connectivity index (χ1v) is 7.13. The molecule has 0 saturated carbocycles. The summed E-state index contributed by atoms with van der Waals surface area (Å²) in [5, 5.41) is 0.900. The van der Waals surface area contributed by atoms with Crippen molar-refractivity contribution in [3.8, 4) is 0 Å². The van der Waals surface area contributed by atoms with E-state index in [0.29, 0.717) is 17.3 Å². The molecule has 0 spiro atoms. The fourth-order valence-corrected chi connectivity index (χ4v) is 2.82. The molecule has 1 saturated heterocycles. The minimum atomic E-state index is -0.00148. The predicted octanol–water partition coefficient (Wildman–Crippen LogP) is 2.69. The Morgan fingerprint density at radius 3 is 3.00 bits per heavy atom. The number of nitrogen functional groups attached to an aromatic ring is 1. The molecule has 2 heterocycles. The molecule has 0 radical (unpaired) electrons. The Balaban J connectivity index is 1.92. The van der Waals surface area contributed by atoms with Gasteiger partial charge in [0.15, 0.2) is 0 Å². The van der Waals surface area contributed by atoms with Crippen LogP contribution in [0, 0.1) is 5.92 Å². The van der Waals surface area contributed by atoms with Gasteiger partial charge in [-0.15, -0.1) is 0 Å². The maximum atomic E-state index is 12.5. The lowest BCUT2D eigenvalue weighted by Crippen LogP contribution is -2.29. The molecule has 1 unspecified atom stereocenters. The first-order chi connectivity index (χ1) is 9.69. The van der Waals surface area contributed by atoms with Crippen molar-refractivity contribution in [1.82, 2.24) is 9.88 Å². The summed E-state index contributed by atoms with van der Waals surface area (Å²) in [7, 11) is 0. The Morgan fingerprint density at radius 1 is 1.45 bits per heavy atom. The highest BCUT2D eigenvalue weighted by atomic mass is 16.2. The summed E-state index contributed by atoms with van der Waals surface area (Å²) >= 11 is 0. The molecule has 1 aliphatic heterocycles. The van der Waals surface area contributed by atoms with Crippen molar-refractivity contribution >= 4 is 22.5 Å². The second-order valence-corrected chi connectivity index (χ2v) is 5.43. The Kier molecular flexibility index (Phi) is 3.30. The van der Waals surface area contributed by atoms with Gasteiger partial charge in [0.1, 0.15) is 5.69 Å². The molecular formula is C16H19N3O. The van der Waals surface area contributed by atoms with E-state index in [-0.39, 0.29) is 5.91 Å². The lowest BCUT2D eigenvalue weighted by atomic mass is 10.1. The highest BCUT2D eigenvalue weighted by Crippen LogP contribution is 2.24. The normalized spacial score (nSPS) is 18.6. The summed E-state index contributed by atoms with van der Waals surface area (Å²) in [6.45, 7) is 3.83. The van der Waals surface area contributed by atoms with Crippen molar-refractivity contribution < 1.29 is 4.79 Å². The third-order valence-electron chi connectivity index (χ3n) is 4.12. The Labute approximate surface area is 118 Å². The fourth-order valence-electron chi connectivity index (χ4n) is 2.82. The van der Waals surface area contributed by atoms with Gasteiger partial charge < -0.3 is 10.6 Å². The number of fused-ring (bicyclic) bond motifs is 1. The van der Waals surface area contributed by atoms with Gasteiger partial charge in [0, 0.05) is 24.2 Å². The monoisotopic (exact) mass is 269 g/mol. The average molecular weight is 269 g/mol. The van der Waals surface area contributed by atoms with Gasteiger partial charge in [-0.2, -0.15) is 0 Å². The third kappa shape index (κ3) is 2.22. The van der Waals surface area contributed by atoms with E-state index in [1.807, 2.05) is 29.2 Å². The van der Waals surface area contributed by atoms with Gasteiger partial charge in [0.25, 0.3) is 5.91 Å². The van der Waals surface area contributed by atoms with Gasteiger partial charge in [0.2, 0.25) is 0 Å². The van der Waals surface area contributed by atoms with E-state index in [2.05, 4.69) is 11.9 Å². The minimum Gasteiger partial charge on any atom is -0.398 e. The molecule has 1 fully saturated rings. The molecule has 20 heavy (non-hydrogen) atoms. The molecule has 2 N–H and O–H groups in total. The second kappa shape index (κ2) is 5.12. The van der Waals surface area contributed by atoms with E-state index in [1.54, 1.807) is 6.07 Å². The molecule has 1 aromatic heterocycles. The van der Waals surface area contributed by atoms with Crippen LogP contribution in [0.4, 0.5) is 5.69 Å². The number of aromatic nitrogens is 1. The molecule has 0 bridgehead atoms. The zero-order valence-electron chi connectivity index (χ0n) is 11.7. The lowest BCUT2D eigenvalue weighted by molar-refractivity contribution is 0.0781. The van der Waals surface area contributed by atoms with E-state index in [9.17, 15) is 4.79 Å². The highest BCUT2D eigenvalue weighted by molar-refractivity contribution is 5.99. The van der Waals surface area contributed by atoms with Crippen molar-refractivity contribution in [2.24, 2.45) is 5.92 Å². The van der Waals surface area contributed by atoms with Crippen LogP contribution in [-0.4, -0.2) is 28.9 Å². The molecule has 4 nitrogen and oxygen atoms in total. The number of rotatable bonds is 2. The van der Waals surface area contributed by atoms with Gasteiger partial charge in [0.05, 0.1) is 5.52 Å². The lowest BCUT2D eigenvalue weighted by Gasteiger charge is -2.16. The number of benzene rings is 1. The largest absolute Gasteiger partial charge is 0.398 e. The average Bonchev–Trinajstić information content (AvgIpc) is 2.95. The molecule has 2 aromatic rings. The molecule has 1 amide bonds. The Hall–Kier alpha value is -2.10. The standard InChI is InChI=1S/C16H19N3O/c1-2-11-7-8-19(10-11)16(20)15-9-13(17)12-5-3-4-6-14(12)18-15/h3-6,9,11H,2,7-8,10H2,1H3,(H2,17,18). The SMILES string of the molecule is CCC1CCN(C(=O)c2cc(N)c3ccccc3n2)C1. The summed E-state index contributed by atoms with van der Waals surface area (Å²) in [4.78, 5) is 18.9. The van der Waals surface area contributed by atoms with Crippen molar-refractivity contribution in [1.29, 1.82) is 0 Å². The molecule has 4 heteroatoms. The zero-order valence-corrected chi connectivity index (χ0v) is 11.7. The number of amides is 1. The number of carbonyl (C=O) groups is 1. The molecule has 104 valence electrons. The van der Waals surface area contributed by atoms with Crippen molar-refractivity contribution in [3.63, 3.8) is 0 Å². The quantitative estimate of drug-likeness (QED) is 0.911. The van der Waals surface area contributed by atoms with Crippen LogP contribution in [0.3, 0.4) is 0 Å². The molecular weight excluding hydrogens is 250 g/mol. The summed E-state index contributed by atoms with van der Waals surface area (Å²) < 4.78 is 0. The van der Waals surface area contributed by atoms with E-state index in [0.717, 1.165) is 36.8 Å². The maximum Gasteiger partial charge on any atom is 0.272 e.